The quantitative estimate of drug-likeness (QED) is 0.730. The number of fused-ring (bicyclic) bond motifs is 1. The molecule has 0 bridgehead atoms. The van der Waals surface area contributed by atoms with E-state index in [1.165, 1.54) is 11.3 Å². The molecule has 2 heterocycles. The third-order valence-electron chi connectivity index (χ3n) is 2.62. The number of aromatic nitrogens is 1. The summed E-state index contributed by atoms with van der Waals surface area (Å²) in [6.45, 7) is 0. The normalized spacial score (nSPS) is 13.0. The van der Waals surface area contributed by atoms with Gasteiger partial charge in [-0.25, -0.2) is 4.79 Å². The minimum atomic E-state index is -0.689. The van der Waals surface area contributed by atoms with E-state index in [0.29, 0.717) is 16.7 Å². The third-order valence-corrected chi connectivity index (χ3v) is 3.32. The second-order valence-corrected chi connectivity index (χ2v) is 4.51. The topological polar surface area (TPSA) is 66.2 Å². The molecule has 1 aromatic carbocycles. The van der Waals surface area contributed by atoms with Crippen molar-refractivity contribution in [3.63, 3.8) is 0 Å². The van der Waals surface area contributed by atoms with Crippen LogP contribution >= 0.6 is 11.3 Å². The number of hydrogen-bond acceptors (Lipinski definition) is 4. The number of benzene rings is 1. The molecule has 3 aromatic rings. The molecule has 1 atom stereocenters. The molecule has 0 saturated heterocycles. The summed E-state index contributed by atoms with van der Waals surface area (Å²) in [7, 11) is 0. The lowest BCUT2D eigenvalue weighted by molar-refractivity contribution is 0.221. The molecule has 4 nitrogen and oxygen atoms in total. The van der Waals surface area contributed by atoms with Crippen molar-refractivity contribution in [3.8, 4) is 0 Å². The van der Waals surface area contributed by atoms with Gasteiger partial charge in [0, 0.05) is 0 Å². The molecule has 2 N–H and O–H groups in total. The number of nitrogens with one attached hydrogen (secondary N) is 1. The molecule has 0 aliphatic heterocycles. The minimum absolute atomic E-state index is 0.460. The molecule has 1 unspecified atom stereocenters. The van der Waals surface area contributed by atoms with Crippen molar-refractivity contribution in [3.05, 3.63) is 56.7 Å². The van der Waals surface area contributed by atoms with Gasteiger partial charge in [0.2, 0.25) is 0 Å². The van der Waals surface area contributed by atoms with E-state index in [1.54, 1.807) is 18.2 Å². The first-order valence-corrected chi connectivity index (χ1v) is 6.01. The molecule has 0 saturated carbocycles. The molecular weight excluding hydrogens is 238 g/mol. The van der Waals surface area contributed by atoms with E-state index in [4.69, 9.17) is 4.42 Å². The van der Waals surface area contributed by atoms with Gasteiger partial charge in [0.25, 0.3) is 0 Å². The summed E-state index contributed by atoms with van der Waals surface area (Å²) in [6, 6.07) is 7.05. The molecule has 0 radical (unpaired) electrons. The molecule has 0 fully saturated rings. The highest BCUT2D eigenvalue weighted by molar-refractivity contribution is 7.07. The van der Waals surface area contributed by atoms with Crippen LogP contribution in [0.3, 0.4) is 0 Å². The number of oxazole rings is 1. The van der Waals surface area contributed by atoms with E-state index in [9.17, 15) is 9.90 Å². The van der Waals surface area contributed by atoms with Crippen LogP contribution in [-0.4, -0.2) is 10.1 Å². The Hall–Kier alpha value is -1.85. The number of hydrogen-bond donors (Lipinski definition) is 2. The van der Waals surface area contributed by atoms with Crippen molar-refractivity contribution in [2.24, 2.45) is 0 Å². The van der Waals surface area contributed by atoms with Crippen molar-refractivity contribution in [2.45, 2.75) is 6.10 Å². The van der Waals surface area contributed by atoms with Crippen molar-refractivity contribution in [1.29, 1.82) is 0 Å². The van der Waals surface area contributed by atoms with Crippen LogP contribution in [-0.2, 0) is 0 Å². The summed E-state index contributed by atoms with van der Waals surface area (Å²) in [5.41, 5.74) is 2.64. The van der Waals surface area contributed by atoms with Gasteiger partial charge in [-0.15, -0.1) is 0 Å². The Bertz CT molecular complexity index is 696. The van der Waals surface area contributed by atoms with Crippen LogP contribution in [0.5, 0.6) is 0 Å². The summed E-state index contributed by atoms with van der Waals surface area (Å²) in [6.07, 6.45) is -0.689. The maximum Gasteiger partial charge on any atom is 0.417 e. The van der Waals surface area contributed by atoms with Crippen molar-refractivity contribution >= 4 is 22.4 Å². The number of aromatic amines is 1. The fourth-order valence-electron chi connectivity index (χ4n) is 1.76. The van der Waals surface area contributed by atoms with Gasteiger partial charge in [-0.1, -0.05) is 6.07 Å². The Balaban J connectivity index is 2.08. The van der Waals surface area contributed by atoms with Gasteiger partial charge in [-0.05, 0) is 40.1 Å². The van der Waals surface area contributed by atoms with Gasteiger partial charge in [0.1, 0.15) is 6.10 Å². The number of aliphatic hydroxyl groups excluding tert-OH is 1. The molecule has 17 heavy (non-hydrogen) atoms. The van der Waals surface area contributed by atoms with E-state index >= 15 is 0 Å². The zero-order valence-corrected chi connectivity index (χ0v) is 9.53. The maximum absolute atomic E-state index is 11.0. The average Bonchev–Trinajstić information content (AvgIpc) is 2.94. The van der Waals surface area contributed by atoms with E-state index in [0.717, 1.165) is 5.56 Å². The predicted molar refractivity (Wildman–Crippen MR) is 65.2 cm³/mol. The smallest absolute Gasteiger partial charge is 0.408 e. The zero-order chi connectivity index (χ0) is 11.8. The summed E-state index contributed by atoms with van der Waals surface area (Å²) in [5.74, 6) is -0.484. The molecule has 3 rings (SSSR count). The molecule has 0 amide bonds. The molecule has 0 aliphatic rings. The van der Waals surface area contributed by atoms with Crippen molar-refractivity contribution in [1.82, 2.24) is 4.98 Å². The lowest BCUT2D eigenvalue weighted by atomic mass is 10.0. The number of H-pyrrole nitrogens is 1. The van der Waals surface area contributed by atoms with Gasteiger partial charge in [0.15, 0.2) is 5.58 Å². The van der Waals surface area contributed by atoms with Gasteiger partial charge < -0.3 is 9.52 Å². The molecule has 86 valence electrons. The van der Waals surface area contributed by atoms with Crippen LogP contribution in [0.1, 0.15) is 17.2 Å². The van der Waals surface area contributed by atoms with Gasteiger partial charge >= 0.3 is 5.76 Å². The number of aliphatic hydroxyl groups is 1. The average molecular weight is 247 g/mol. The van der Waals surface area contributed by atoms with E-state index in [1.807, 2.05) is 16.8 Å². The van der Waals surface area contributed by atoms with E-state index < -0.39 is 11.9 Å². The fraction of sp³-hybridized carbons (Fsp3) is 0.0833. The van der Waals surface area contributed by atoms with Gasteiger partial charge in [-0.2, -0.15) is 11.3 Å². The molecule has 2 aromatic heterocycles. The summed E-state index contributed by atoms with van der Waals surface area (Å²) >= 11 is 1.53. The first-order chi connectivity index (χ1) is 8.24. The third kappa shape index (κ3) is 1.79. The highest BCUT2D eigenvalue weighted by Crippen LogP contribution is 2.25. The van der Waals surface area contributed by atoms with Crippen LogP contribution in [0.2, 0.25) is 0 Å². The lowest BCUT2D eigenvalue weighted by Gasteiger charge is -2.08. The molecule has 0 spiro atoms. The van der Waals surface area contributed by atoms with Gasteiger partial charge in [-0.3, -0.25) is 4.98 Å². The van der Waals surface area contributed by atoms with Crippen LogP contribution in [0.25, 0.3) is 11.1 Å². The molecule has 0 aliphatic carbocycles. The Morgan fingerprint density at radius 2 is 2.18 bits per heavy atom. The highest BCUT2D eigenvalue weighted by atomic mass is 32.1. The second-order valence-electron chi connectivity index (χ2n) is 3.73. The van der Waals surface area contributed by atoms with Crippen LogP contribution in [0.15, 0.2) is 44.2 Å². The Morgan fingerprint density at radius 3 is 2.94 bits per heavy atom. The van der Waals surface area contributed by atoms with Crippen LogP contribution in [0, 0.1) is 0 Å². The van der Waals surface area contributed by atoms with E-state index in [2.05, 4.69) is 4.98 Å². The summed E-state index contributed by atoms with van der Waals surface area (Å²) in [4.78, 5) is 13.6. The monoisotopic (exact) mass is 247 g/mol. The highest BCUT2D eigenvalue weighted by Gasteiger charge is 2.12. The van der Waals surface area contributed by atoms with Gasteiger partial charge in [0.05, 0.1) is 5.52 Å². The first kappa shape index (κ1) is 10.3. The largest absolute Gasteiger partial charge is 0.417 e. The summed E-state index contributed by atoms with van der Waals surface area (Å²) < 4.78 is 4.96. The molecular formula is C12H9NO3S. The van der Waals surface area contributed by atoms with Crippen molar-refractivity contribution in [2.75, 3.05) is 0 Å². The Morgan fingerprint density at radius 1 is 1.29 bits per heavy atom. The standard InChI is InChI=1S/C12H9NO3S/c14-11(8-3-4-17-6-8)7-1-2-9-10(5-7)16-12(15)13-9/h1-6,11,14H,(H,13,15). The molecule has 5 heteroatoms. The number of rotatable bonds is 2. The number of thiophene rings is 1. The minimum Gasteiger partial charge on any atom is -0.408 e. The predicted octanol–water partition coefficient (Wildman–Crippen LogP) is 2.26. The van der Waals surface area contributed by atoms with E-state index in [-0.39, 0.29) is 0 Å². The lowest BCUT2D eigenvalue weighted by Crippen LogP contribution is -1.97. The Labute approximate surface area is 100 Å². The maximum atomic E-state index is 11.0. The Kier molecular flexibility index (Phi) is 2.35. The van der Waals surface area contributed by atoms with Crippen LogP contribution in [0.4, 0.5) is 0 Å². The first-order valence-electron chi connectivity index (χ1n) is 5.07. The SMILES string of the molecule is O=c1[nH]c2ccc(C(O)c3ccsc3)cc2o1. The second kappa shape index (κ2) is 3.87. The van der Waals surface area contributed by atoms with Crippen molar-refractivity contribution < 1.29 is 9.52 Å². The fourth-order valence-corrected chi connectivity index (χ4v) is 2.43. The summed E-state index contributed by atoms with van der Waals surface area (Å²) in [5, 5.41) is 13.9. The zero-order valence-electron chi connectivity index (χ0n) is 8.71. The van der Waals surface area contributed by atoms with Crippen LogP contribution < -0.4 is 5.76 Å².